The van der Waals surface area contributed by atoms with Crippen LogP contribution in [0.2, 0.25) is 0 Å². The maximum absolute atomic E-state index is 11.2. The van der Waals surface area contributed by atoms with E-state index in [2.05, 4.69) is 25.9 Å². The summed E-state index contributed by atoms with van der Waals surface area (Å²) in [4.78, 5) is 11.2. The van der Waals surface area contributed by atoms with E-state index in [-0.39, 0.29) is 17.0 Å². The Morgan fingerprint density at radius 2 is 2.00 bits per heavy atom. The van der Waals surface area contributed by atoms with Crippen molar-refractivity contribution in [3.8, 4) is 11.1 Å². The van der Waals surface area contributed by atoms with Gasteiger partial charge in [0.25, 0.3) is 0 Å². The summed E-state index contributed by atoms with van der Waals surface area (Å²) in [5.41, 5.74) is 8.77. The van der Waals surface area contributed by atoms with Gasteiger partial charge in [-0.2, -0.15) is 0 Å². The minimum Gasteiger partial charge on any atom is -0.476 e. The van der Waals surface area contributed by atoms with Crippen molar-refractivity contribution in [2.45, 2.75) is 33.1 Å². The van der Waals surface area contributed by atoms with Crippen molar-refractivity contribution in [2.24, 2.45) is 0 Å². The third-order valence-corrected chi connectivity index (χ3v) is 3.28. The molecule has 20 heavy (non-hydrogen) atoms. The summed E-state index contributed by atoms with van der Waals surface area (Å²) < 4.78 is 4.81. The average Bonchev–Trinajstić information content (AvgIpc) is 2.70. The van der Waals surface area contributed by atoms with Gasteiger partial charge in [0.05, 0.1) is 5.56 Å². The highest BCUT2D eigenvalue weighted by Crippen LogP contribution is 2.34. The molecule has 1 aromatic carbocycles. The number of benzene rings is 1. The summed E-state index contributed by atoms with van der Waals surface area (Å²) in [6.07, 6.45) is 0. The van der Waals surface area contributed by atoms with E-state index in [1.165, 1.54) is 5.56 Å². The van der Waals surface area contributed by atoms with Crippen LogP contribution < -0.4 is 5.73 Å². The highest BCUT2D eigenvalue weighted by atomic mass is 16.5. The number of hydrogen-bond donors (Lipinski definition) is 2. The molecule has 0 saturated carbocycles. The van der Waals surface area contributed by atoms with Crippen LogP contribution in [0.1, 0.15) is 42.4 Å². The van der Waals surface area contributed by atoms with Crippen LogP contribution >= 0.6 is 0 Å². The van der Waals surface area contributed by atoms with Crippen LogP contribution in [0.4, 0.5) is 5.88 Å². The number of aryl methyl sites for hydroxylation is 1. The number of carboxylic acids is 1. The average molecular weight is 274 g/mol. The van der Waals surface area contributed by atoms with E-state index in [1.807, 2.05) is 25.1 Å². The topological polar surface area (TPSA) is 89.3 Å². The molecule has 0 radical (unpaired) electrons. The second-order valence-electron chi connectivity index (χ2n) is 5.86. The Labute approximate surface area is 117 Å². The number of nitrogens with two attached hydrogens (primary N) is 1. The molecule has 5 nitrogen and oxygen atoms in total. The first-order valence-electron chi connectivity index (χ1n) is 6.31. The number of nitrogens with zero attached hydrogens (tertiary/aromatic N) is 1. The second-order valence-corrected chi connectivity index (χ2v) is 5.86. The largest absolute Gasteiger partial charge is 0.476 e. The maximum atomic E-state index is 11.2. The smallest absolute Gasteiger partial charge is 0.358 e. The fourth-order valence-corrected chi connectivity index (χ4v) is 2.12. The van der Waals surface area contributed by atoms with Crippen LogP contribution in [-0.4, -0.2) is 16.2 Å². The Hall–Kier alpha value is -2.30. The van der Waals surface area contributed by atoms with Crippen LogP contribution in [0.25, 0.3) is 11.1 Å². The minimum atomic E-state index is -1.15. The van der Waals surface area contributed by atoms with Crippen molar-refractivity contribution < 1.29 is 14.4 Å². The molecule has 106 valence electrons. The van der Waals surface area contributed by atoms with Gasteiger partial charge in [-0.05, 0) is 29.0 Å². The van der Waals surface area contributed by atoms with E-state index in [0.29, 0.717) is 5.56 Å². The molecule has 0 saturated heterocycles. The molecule has 0 aliphatic rings. The lowest BCUT2D eigenvalue weighted by atomic mass is 9.84. The predicted molar refractivity (Wildman–Crippen MR) is 76.7 cm³/mol. The van der Waals surface area contributed by atoms with Crippen molar-refractivity contribution in [3.05, 3.63) is 35.0 Å². The van der Waals surface area contributed by atoms with Crippen LogP contribution in [0, 0.1) is 6.92 Å². The molecule has 2 rings (SSSR count). The molecule has 0 amide bonds. The van der Waals surface area contributed by atoms with Gasteiger partial charge in [-0.15, -0.1) is 0 Å². The Morgan fingerprint density at radius 1 is 1.35 bits per heavy atom. The molecule has 0 aliphatic heterocycles. The predicted octanol–water partition coefficient (Wildman–Crippen LogP) is 3.23. The van der Waals surface area contributed by atoms with Crippen LogP contribution in [-0.2, 0) is 5.41 Å². The molecular formula is C15H18N2O3. The molecule has 1 heterocycles. The normalized spacial score (nSPS) is 11.6. The van der Waals surface area contributed by atoms with E-state index in [0.717, 1.165) is 11.1 Å². The van der Waals surface area contributed by atoms with Gasteiger partial charge in [0.2, 0.25) is 11.6 Å². The van der Waals surface area contributed by atoms with Gasteiger partial charge < -0.3 is 15.4 Å². The lowest BCUT2D eigenvalue weighted by molar-refractivity contribution is 0.0686. The molecule has 2 aromatic rings. The molecular weight excluding hydrogens is 256 g/mol. The van der Waals surface area contributed by atoms with Crippen molar-refractivity contribution in [2.75, 3.05) is 5.73 Å². The lowest BCUT2D eigenvalue weighted by Crippen LogP contribution is -2.11. The first kappa shape index (κ1) is 14.1. The number of anilines is 1. The maximum Gasteiger partial charge on any atom is 0.358 e. The van der Waals surface area contributed by atoms with E-state index >= 15 is 0 Å². The highest BCUT2D eigenvalue weighted by Gasteiger charge is 2.23. The standard InChI is InChI=1S/C15H18N2O3/c1-8-7-9(15(2,3)4)5-6-10(8)11-12(14(18)19)17-20-13(11)16/h5-7H,16H2,1-4H3,(H,18,19). The number of carbonyl (C=O) groups is 1. The molecule has 5 heteroatoms. The number of nitrogen functional groups attached to an aromatic ring is 1. The van der Waals surface area contributed by atoms with Crippen LogP contribution in [0.3, 0.4) is 0 Å². The van der Waals surface area contributed by atoms with E-state index in [4.69, 9.17) is 15.4 Å². The van der Waals surface area contributed by atoms with Crippen LogP contribution in [0.5, 0.6) is 0 Å². The van der Waals surface area contributed by atoms with Crippen molar-refractivity contribution >= 4 is 11.9 Å². The number of carboxylic acid groups (broad SMARTS) is 1. The zero-order valence-electron chi connectivity index (χ0n) is 12.0. The van der Waals surface area contributed by atoms with E-state index in [1.54, 1.807) is 0 Å². The first-order valence-corrected chi connectivity index (χ1v) is 6.31. The van der Waals surface area contributed by atoms with E-state index < -0.39 is 5.97 Å². The van der Waals surface area contributed by atoms with Gasteiger partial charge in [0, 0.05) is 0 Å². The molecule has 0 unspecified atom stereocenters. The second kappa shape index (κ2) is 4.67. The first-order chi connectivity index (χ1) is 9.21. The Balaban J connectivity index is 2.60. The van der Waals surface area contributed by atoms with Gasteiger partial charge in [-0.3, -0.25) is 0 Å². The molecule has 0 aliphatic carbocycles. The number of aromatic nitrogens is 1. The van der Waals surface area contributed by atoms with Crippen LogP contribution in [0.15, 0.2) is 22.7 Å². The number of hydrogen-bond acceptors (Lipinski definition) is 4. The summed E-state index contributed by atoms with van der Waals surface area (Å²) in [7, 11) is 0. The third kappa shape index (κ3) is 2.39. The third-order valence-electron chi connectivity index (χ3n) is 3.28. The summed E-state index contributed by atoms with van der Waals surface area (Å²) >= 11 is 0. The van der Waals surface area contributed by atoms with Gasteiger partial charge >= 0.3 is 5.97 Å². The quantitative estimate of drug-likeness (QED) is 0.877. The zero-order valence-corrected chi connectivity index (χ0v) is 12.0. The van der Waals surface area contributed by atoms with Crippen molar-refractivity contribution in [1.82, 2.24) is 5.16 Å². The van der Waals surface area contributed by atoms with Crippen molar-refractivity contribution in [1.29, 1.82) is 0 Å². The SMILES string of the molecule is Cc1cc(C(C)(C)C)ccc1-c1c(C(=O)O)noc1N. The summed E-state index contributed by atoms with van der Waals surface area (Å²) in [6.45, 7) is 8.29. The summed E-state index contributed by atoms with van der Waals surface area (Å²) in [5, 5.41) is 12.6. The van der Waals surface area contributed by atoms with E-state index in [9.17, 15) is 4.79 Å². The van der Waals surface area contributed by atoms with Gasteiger partial charge in [0.1, 0.15) is 0 Å². The Bertz CT molecular complexity index is 666. The molecule has 0 fully saturated rings. The summed E-state index contributed by atoms with van der Waals surface area (Å²) in [6, 6.07) is 5.87. The molecule has 0 bridgehead atoms. The molecule has 0 atom stereocenters. The lowest BCUT2D eigenvalue weighted by Gasteiger charge is -2.20. The number of rotatable bonds is 2. The van der Waals surface area contributed by atoms with Crippen molar-refractivity contribution in [3.63, 3.8) is 0 Å². The fraction of sp³-hybridized carbons (Fsp3) is 0.333. The van der Waals surface area contributed by atoms with Gasteiger partial charge in [0.15, 0.2) is 0 Å². The zero-order chi connectivity index (χ0) is 15.1. The summed E-state index contributed by atoms with van der Waals surface area (Å²) in [5.74, 6) is -1.13. The molecule has 3 N–H and O–H groups in total. The molecule has 1 aromatic heterocycles. The highest BCUT2D eigenvalue weighted by molar-refractivity contribution is 5.97. The molecule has 0 spiro atoms. The number of aromatic carboxylic acids is 1. The van der Waals surface area contributed by atoms with Gasteiger partial charge in [-0.1, -0.05) is 44.1 Å². The monoisotopic (exact) mass is 274 g/mol. The Kier molecular flexibility index (Phi) is 3.29. The fourth-order valence-electron chi connectivity index (χ4n) is 2.12. The Morgan fingerprint density at radius 3 is 2.50 bits per heavy atom. The van der Waals surface area contributed by atoms with Gasteiger partial charge in [-0.25, -0.2) is 4.79 Å². The minimum absolute atomic E-state index is 0.0222.